The van der Waals surface area contributed by atoms with Crippen molar-refractivity contribution in [1.29, 1.82) is 0 Å². The van der Waals surface area contributed by atoms with E-state index in [2.05, 4.69) is 0 Å². The molecule has 0 bridgehead atoms. The first kappa shape index (κ1) is 11.4. The van der Waals surface area contributed by atoms with Gasteiger partial charge >= 0.3 is 0 Å². The maximum atomic E-state index is 5.06. The summed E-state index contributed by atoms with van der Waals surface area (Å²) in [7, 11) is 0. The SMILES string of the molecule is C1CC2CCCC2(N=NC23CCCC2CCC3)C1. The summed E-state index contributed by atoms with van der Waals surface area (Å²) in [6, 6.07) is 0. The number of fused-ring (bicyclic) bond motifs is 2. The summed E-state index contributed by atoms with van der Waals surface area (Å²) < 4.78 is 0. The van der Waals surface area contributed by atoms with Crippen LogP contribution in [0.4, 0.5) is 0 Å². The van der Waals surface area contributed by atoms with Crippen LogP contribution in [0.15, 0.2) is 10.2 Å². The molecule has 2 heteroatoms. The van der Waals surface area contributed by atoms with Gasteiger partial charge in [0, 0.05) is 0 Å². The first-order chi connectivity index (χ1) is 8.83. The Balaban J connectivity index is 1.58. The smallest absolute Gasteiger partial charge is 0.0844 e. The summed E-state index contributed by atoms with van der Waals surface area (Å²) in [5.74, 6) is 1.78. The quantitative estimate of drug-likeness (QED) is 0.620. The highest BCUT2D eigenvalue weighted by Crippen LogP contribution is 2.54. The van der Waals surface area contributed by atoms with E-state index in [1.54, 1.807) is 0 Å². The van der Waals surface area contributed by atoms with Gasteiger partial charge in [0.1, 0.15) is 0 Å². The predicted octanol–water partition coefficient (Wildman–Crippen LogP) is 4.88. The number of azo groups is 1. The summed E-state index contributed by atoms with van der Waals surface area (Å²) in [4.78, 5) is 0. The van der Waals surface area contributed by atoms with Gasteiger partial charge in [-0.15, -0.1) is 0 Å². The van der Waals surface area contributed by atoms with E-state index in [1.807, 2.05) is 0 Å². The molecule has 0 saturated heterocycles. The minimum absolute atomic E-state index is 0.310. The van der Waals surface area contributed by atoms with Crippen molar-refractivity contribution in [2.24, 2.45) is 22.1 Å². The molecule has 0 N–H and O–H groups in total. The Morgan fingerprint density at radius 3 is 1.22 bits per heavy atom. The molecule has 0 aliphatic heterocycles. The summed E-state index contributed by atoms with van der Waals surface area (Å²) in [5.41, 5.74) is 0.620. The van der Waals surface area contributed by atoms with Crippen molar-refractivity contribution in [2.75, 3.05) is 0 Å². The van der Waals surface area contributed by atoms with E-state index < -0.39 is 0 Å². The molecule has 0 unspecified atom stereocenters. The van der Waals surface area contributed by atoms with E-state index in [-0.39, 0.29) is 0 Å². The molecular formula is C16H26N2. The summed E-state index contributed by atoms with van der Waals surface area (Å²) >= 11 is 0. The number of hydrogen-bond acceptors (Lipinski definition) is 2. The Morgan fingerprint density at radius 1 is 0.556 bits per heavy atom. The van der Waals surface area contributed by atoms with Crippen molar-refractivity contribution < 1.29 is 0 Å². The van der Waals surface area contributed by atoms with E-state index in [0.717, 1.165) is 11.8 Å². The predicted molar refractivity (Wildman–Crippen MR) is 72.7 cm³/mol. The molecule has 0 heterocycles. The minimum atomic E-state index is 0.310. The molecule has 4 aliphatic carbocycles. The van der Waals surface area contributed by atoms with E-state index in [4.69, 9.17) is 10.2 Å². The zero-order valence-electron chi connectivity index (χ0n) is 11.5. The zero-order valence-corrected chi connectivity index (χ0v) is 11.5. The van der Waals surface area contributed by atoms with Crippen molar-refractivity contribution in [2.45, 2.75) is 88.1 Å². The normalized spacial score (nSPS) is 51.1. The first-order valence-electron chi connectivity index (χ1n) is 8.27. The molecule has 4 fully saturated rings. The van der Waals surface area contributed by atoms with Crippen LogP contribution >= 0.6 is 0 Å². The van der Waals surface area contributed by atoms with Gasteiger partial charge in [-0.25, -0.2) is 0 Å². The number of hydrogen-bond donors (Lipinski definition) is 0. The van der Waals surface area contributed by atoms with Crippen molar-refractivity contribution in [3.05, 3.63) is 0 Å². The standard InChI is InChI=1S/C16H26N2/c1-5-13-6-2-10-15(13,9-1)17-18-16-11-3-7-14(16)8-4-12-16/h13-14H,1-12H2. The Kier molecular flexibility index (Phi) is 2.57. The second-order valence-corrected chi connectivity index (χ2v) is 7.37. The largest absolute Gasteiger partial charge is 0.187 e. The third-order valence-electron chi connectivity index (χ3n) is 6.62. The number of nitrogens with zero attached hydrogens (tertiary/aromatic N) is 2. The maximum absolute atomic E-state index is 5.06. The van der Waals surface area contributed by atoms with Crippen LogP contribution in [-0.2, 0) is 0 Å². The molecule has 0 radical (unpaired) electrons. The van der Waals surface area contributed by atoms with Crippen molar-refractivity contribution >= 4 is 0 Å². The monoisotopic (exact) mass is 246 g/mol. The Labute approximate surface area is 111 Å². The van der Waals surface area contributed by atoms with Gasteiger partial charge in [-0.05, 0) is 63.2 Å². The highest BCUT2D eigenvalue weighted by atomic mass is 15.2. The Bertz CT molecular complexity index is 306. The molecule has 0 aromatic carbocycles. The second kappa shape index (κ2) is 4.05. The van der Waals surface area contributed by atoms with Gasteiger partial charge in [0.05, 0.1) is 11.1 Å². The van der Waals surface area contributed by atoms with Crippen LogP contribution in [0.25, 0.3) is 0 Å². The highest BCUT2D eigenvalue weighted by molar-refractivity contribution is 5.06. The van der Waals surface area contributed by atoms with Gasteiger partial charge in [-0.3, -0.25) is 0 Å². The lowest BCUT2D eigenvalue weighted by atomic mass is 9.90. The average Bonchev–Trinajstić information content (AvgIpc) is 3.05. The molecule has 0 aromatic rings. The van der Waals surface area contributed by atoms with Crippen LogP contribution in [0.5, 0.6) is 0 Å². The average molecular weight is 246 g/mol. The molecular weight excluding hydrogens is 220 g/mol. The molecule has 0 amide bonds. The molecule has 4 aliphatic rings. The third-order valence-corrected chi connectivity index (χ3v) is 6.62. The fourth-order valence-electron chi connectivity index (χ4n) is 5.61. The molecule has 4 rings (SSSR count). The van der Waals surface area contributed by atoms with Gasteiger partial charge in [0.15, 0.2) is 0 Å². The van der Waals surface area contributed by atoms with Crippen LogP contribution < -0.4 is 0 Å². The van der Waals surface area contributed by atoms with Crippen molar-refractivity contribution in [1.82, 2.24) is 0 Å². The lowest BCUT2D eigenvalue weighted by molar-refractivity contribution is 0.297. The fourth-order valence-corrected chi connectivity index (χ4v) is 5.61. The molecule has 0 atom stereocenters. The van der Waals surface area contributed by atoms with Crippen LogP contribution in [0.3, 0.4) is 0 Å². The highest BCUT2D eigenvalue weighted by Gasteiger charge is 2.50. The zero-order chi connectivity index (χ0) is 12.1. The van der Waals surface area contributed by atoms with Gasteiger partial charge in [0.2, 0.25) is 0 Å². The lowest BCUT2D eigenvalue weighted by Crippen LogP contribution is -2.29. The van der Waals surface area contributed by atoms with E-state index >= 15 is 0 Å². The van der Waals surface area contributed by atoms with Gasteiger partial charge < -0.3 is 0 Å². The van der Waals surface area contributed by atoms with Crippen molar-refractivity contribution in [3.63, 3.8) is 0 Å². The molecule has 2 nitrogen and oxygen atoms in total. The lowest BCUT2D eigenvalue weighted by Gasteiger charge is -2.28. The van der Waals surface area contributed by atoms with Crippen LogP contribution in [0.2, 0.25) is 0 Å². The van der Waals surface area contributed by atoms with E-state index in [1.165, 1.54) is 77.0 Å². The van der Waals surface area contributed by atoms with Gasteiger partial charge in [-0.2, -0.15) is 10.2 Å². The Morgan fingerprint density at radius 2 is 0.889 bits per heavy atom. The number of rotatable bonds is 2. The van der Waals surface area contributed by atoms with Gasteiger partial charge in [0.25, 0.3) is 0 Å². The molecule has 0 aromatic heterocycles. The first-order valence-corrected chi connectivity index (χ1v) is 8.27. The van der Waals surface area contributed by atoms with Crippen molar-refractivity contribution in [3.8, 4) is 0 Å². The van der Waals surface area contributed by atoms with E-state index in [9.17, 15) is 0 Å². The van der Waals surface area contributed by atoms with Gasteiger partial charge in [-0.1, -0.05) is 25.7 Å². The molecule has 100 valence electrons. The van der Waals surface area contributed by atoms with Crippen LogP contribution in [-0.4, -0.2) is 11.1 Å². The fraction of sp³-hybridized carbons (Fsp3) is 1.00. The Hall–Kier alpha value is -0.400. The molecule has 0 spiro atoms. The second-order valence-electron chi connectivity index (χ2n) is 7.37. The van der Waals surface area contributed by atoms with Crippen LogP contribution in [0.1, 0.15) is 77.0 Å². The topological polar surface area (TPSA) is 24.7 Å². The summed E-state index contributed by atoms with van der Waals surface area (Å²) in [6.45, 7) is 0. The summed E-state index contributed by atoms with van der Waals surface area (Å²) in [6.07, 6.45) is 16.7. The molecule has 4 saturated carbocycles. The summed E-state index contributed by atoms with van der Waals surface area (Å²) in [5, 5.41) is 10.1. The third kappa shape index (κ3) is 1.53. The van der Waals surface area contributed by atoms with E-state index in [0.29, 0.717) is 11.1 Å². The van der Waals surface area contributed by atoms with Crippen LogP contribution in [0, 0.1) is 11.8 Å². The minimum Gasteiger partial charge on any atom is -0.187 e. The molecule has 18 heavy (non-hydrogen) atoms. The maximum Gasteiger partial charge on any atom is 0.0844 e.